The van der Waals surface area contributed by atoms with Crippen molar-refractivity contribution in [3.63, 3.8) is 0 Å². The van der Waals surface area contributed by atoms with E-state index in [4.69, 9.17) is 0 Å². The lowest BCUT2D eigenvalue weighted by atomic mass is 10.2. The van der Waals surface area contributed by atoms with Crippen LogP contribution < -0.4 is 5.32 Å². The van der Waals surface area contributed by atoms with Crippen LogP contribution in [0.3, 0.4) is 0 Å². The highest BCUT2D eigenvalue weighted by Gasteiger charge is 2.17. The lowest BCUT2D eigenvalue weighted by Gasteiger charge is -2.06. The fraction of sp³-hybridized carbons (Fsp3) is 0.130. The second kappa shape index (κ2) is 7.35. The fourth-order valence-corrected chi connectivity index (χ4v) is 4.37. The standard InChI is InChI=1S/C23H19N5OS/c1-3-15-8-10-19-20(12-15)30-23(26-19)27-22(29)17-13-24-28(14(17)2)21-11-9-16-6-4-5-7-18(16)25-21/h4-13H,3H2,1-2H3,(H,26,27,29). The Kier molecular flexibility index (Phi) is 4.52. The maximum Gasteiger partial charge on any atom is 0.260 e. The van der Waals surface area contributed by atoms with Crippen molar-refractivity contribution in [1.29, 1.82) is 0 Å². The molecule has 2 aromatic carbocycles. The molecule has 3 heterocycles. The van der Waals surface area contributed by atoms with E-state index in [2.05, 4.69) is 39.4 Å². The highest BCUT2D eigenvalue weighted by Crippen LogP contribution is 2.27. The predicted octanol–water partition coefficient (Wildman–Crippen LogP) is 5.15. The van der Waals surface area contributed by atoms with E-state index in [-0.39, 0.29) is 5.91 Å². The predicted molar refractivity (Wildman–Crippen MR) is 121 cm³/mol. The molecule has 0 aliphatic heterocycles. The summed E-state index contributed by atoms with van der Waals surface area (Å²) in [6.45, 7) is 3.99. The van der Waals surface area contributed by atoms with Crippen molar-refractivity contribution < 1.29 is 4.79 Å². The van der Waals surface area contributed by atoms with Gasteiger partial charge in [-0.2, -0.15) is 5.10 Å². The average molecular weight is 414 g/mol. The number of nitrogens with one attached hydrogen (secondary N) is 1. The molecule has 0 bridgehead atoms. The highest BCUT2D eigenvalue weighted by atomic mass is 32.1. The lowest BCUT2D eigenvalue weighted by Crippen LogP contribution is -2.13. The van der Waals surface area contributed by atoms with E-state index < -0.39 is 0 Å². The molecule has 1 N–H and O–H groups in total. The molecule has 0 radical (unpaired) electrons. The number of para-hydroxylation sites is 1. The van der Waals surface area contributed by atoms with Crippen LogP contribution in [0.15, 0.2) is 60.8 Å². The fourth-order valence-electron chi connectivity index (χ4n) is 3.44. The van der Waals surface area contributed by atoms with Crippen LogP contribution in [0.2, 0.25) is 0 Å². The van der Waals surface area contributed by atoms with Crippen LogP contribution in [-0.2, 0) is 6.42 Å². The van der Waals surface area contributed by atoms with Crippen molar-refractivity contribution >= 4 is 43.5 Å². The first-order valence-corrected chi connectivity index (χ1v) is 10.6. The molecule has 7 heteroatoms. The summed E-state index contributed by atoms with van der Waals surface area (Å²) >= 11 is 1.48. The summed E-state index contributed by atoms with van der Waals surface area (Å²) < 4.78 is 2.75. The first-order chi connectivity index (χ1) is 14.6. The number of benzene rings is 2. The van der Waals surface area contributed by atoms with Crippen molar-refractivity contribution in [3.05, 3.63) is 77.6 Å². The van der Waals surface area contributed by atoms with Crippen molar-refractivity contribution in [1.82, 2.24) is 19.7 Å². The monoisotopic (exact) mass is 413 g/mol. The number of pyridine rings is 1. The van der Waals surface area contributed by atoms with Gasteiger partial charge in [-0.05, 0) is 49.2 Å². The van der Waals surface area contributed by atoms with Gasteiger partial charge in [-0.15, -0.1) is 0 Å². The Balaban J connectivity index is 1.43. The molecule has 0 aliphatic carbocycles. The zero-order chi connectivity index (χ0) is 20.7. The van der Waals surface area contributed by atoms with Gasteiger partial charge in [0.05, 0.1) is 33.2 Å². The summed E-state index contributed by atoms with van der Waals surface area (Å²) in [5.41, 5.74) is 4.25. The molecular weight excluding hydrogens is 394 g/mol. The van der Waals surface area contributed by atoms with E-state index in [0.717, 1.165) is 33.2 Å². The Morgan fingerprint density at radius 1 is 1.07 bits per heavy atom. The van der Waals surface area contributed by atoms with Crippen molar-refractivity contribution in [2.75, 3.05) is 5.32 Å². The second-order valence-corrected chi connectivity index (χ2v) is 8.08. The number of fused-ring (bicyclic) bond motifs is 2. The molecule has 3 aromatic heterocycles. The third-order valence-corrected chi connectivity index (χ3v) is 6.07. The molecule has 0 saturated carbocycles. The molecule has 30 heavy (non-hydrogen) atoms. The van der Waals surface area contributed by atoms with Gasteiger partial charge < -0.3 is 0 Å². The Hall–Kier alpha value is -3.58. The van der Waals surface area contributed by atoms with Gasteiger partial charge in [0.2, 0.25) is 0 Å². The Labute approximate surface area is 177 Å². The summed E-state index contributed by atoms with van der Waals surface area (Å²) in [5.74, 6) is 0.451. The Bertz CT molecular complexity index is 1400. The van der Waals surface area contributed by atoms with Crippen LogP contribution in [0.5, 0.6) is 0 Å². The number of aromatic nitrogens is 4. The zero-order valence-electron chi connectivity index (χ0n) is 16.6. The molecule has 5 aromatic rings. The van der Waals surface area contributed by atoms with E-state index in [1.54, 1.807) is 10.9 Å². The largest absolute Gasteiger partial charge is 0.298 e. The molecule has 0 atom stereocenters. The molecule has 0 saturated heterocycles. The van der Waals surface area contributed by atoms with Crippen LogP contribution in [0.4, 0.5) is 5.13 Å². The zero-order valence-corrected chi connectivity index (χ0v) is 17.4. The van der Waals surface area contributed by atoms with Crippen molar-refractivity contribution in [2.45, 2.75) is 20.3 Å². The number of carbonyl (C=O) groups is 1. The first-order valence-electron chi connectivity index (χ1n) is 9.74. The van der Waals surface area contributed by atoms with Gasteiger partial charge >= 0.3 is 0 Å². The van der Waals surface area contributed by atoms with Crippen LogP contribution in [0.1, 0.15) is 28.5 Å². The minimum atomic E-state index is -0.227. The number of aryl methyl sites for hydroxylation is 1. The summed E-state index contributed by atoms with van der Waals surface area (Å²) in [6, 6.07) is 18.0. The van der Waals surface area contributed by atoms with Crippen LogP contribution >= 0.6 is 11.3 Å². The number of thiazole rings is 1. The molecule has 0 fully saturated rings. The average Bonchev–Trinajstić information content (AvgIpc) is 3.35. The van der Waals surface area contributed by atoms with Gasteiger partial charge in [0.15, 0.2) is 10.9 Å². The summed E-state index contributed by atoms with van der Waals surface area (Å²) in [5, 5.41) is 8.96. The minimum Gasteiger partial charge on any atom is -0.298 e. The van der Waals surface area contributed by atoms with E-state index in [0.29, 0.717) is 16.5 Å². The third-order valence-electron chi connectivity index (χ3n) is 5.14. The smallest absolute Gasteiger partial charge is 0.260 e. The van der Waals surface area contributed by atoms with Crippen molar-refractivity contribution in [2.24, 2.45) is 0 Å². The summed E-state index contributed by atoms with van der Waals surface area (Å²) in [7, 11) is 0. The molecule has 0 spiro atoms. The van der Waals surface area contributed by atoms with Gasteiger partial charge in [0.25, 0.3) is 5.91 Å². The number of carbonyl (C=O) groups excluding carboxylic acids is 1. The minimum absolute atomic E-state index is 0.227. The van der Waals surface area contributed by atoms with Crippen LogP contribution in [0.25, 0.3) is 26.9 Å². The van der Waals surface area contributed by atoms with Crippen LogP contribution in [0, 0.1) is 6.92 Å². The number of rotatable bonds is 4. The molecule has 148 valence electrons. The van der Waals surface area contributed by atoms with E-state index in [1.165, 1.54) is 16.9 Å². The van der Waals surface area contributed by atoms with Gasteiger partial charge in [-0.1, -0.05) is 42.5 Å². The lowest BCUT2D eigenvalue weighted by molar-refractivity contribution is 0.102. The highest BCUT2D eigenvalue weighted by molar-refractivity contribution is 7.22. The summed E-state index contributed by atoms with van der Waals surface area (Å²) in [4.78, 5) is 22.1. The van der Waals surface area contributed by atoms with Gasteiger partial charge in [-0.3, -0.25) is 10.1 Å². The normalized spacial score (nSPS) is 11.3. The molecule has 5 rings (SSSR count). The maximum absolute atomic E-state index is 12.9. The molecule has 6 nitrogen and oxygen atoms in total. The SMILES string of the molecule is CCc1ccc2nc(NC(=O)c3cnn(-c4ccc5ccccc5n4)c3C)sc2c1. The Morgan fingerprint density at radius 2 is 1.93 bits per heavy atom. The first kappa shape index (κ1) is 18.4. The van der Waals surface area contributed by atoms with Crippen molar-refractivity contribution in [3.8, 4) is 5.82 Å². The Morgan fingerprint density at radius 3 is 2.80 bits per heavy atom. The molecule has 1 amide bonds. The third kappa shape index (κ3) is 3.23. The van der Waals surface area contributed by atoms with Gasteiger partial charge in [0.1, 0.15) is 0 Å². The van der Waals surface area contributed by atoms with Gasteiger partial charge in [0, 0.05) is 5.39 Å². The topological polar surface area (TPSA) is 72.7 Å². The summed E-state index contributed by atoms with van der Waals surface area (Å²) in [6.07, 6.45) is 2.54. The quantitative estimate of drug-likeness (QED) is 0.442. The molecular formula is C23H19N5OS. The molecule has 0 unspecified atom stereocenters. The van der Waals surface area contributed by atoms with E-state index in [1.807, 2.05) is 49.4 Å². The van der Waals surface area contributed by atoms with E-state index in [9.17, 15) is 4.79 Å². The second-order valence-electron chi connectivity index (χ2n) is 7.05. The number of hydrogen-bond acceptors (Lipinski definition) is 5. The number of amides is 1. The number of hydrogen-bond donors (Lipinski definition) is 1. The molecule has 0 aliphatic rings. The van der Waals surface area contributed by atoms with E-state index >= 15 is 0 Å². The number of anilines is 1. The maximum atomic E-state index is 12.9. The number of nitrogens with zero attached hydrogens (tertiary/aromatic N) is 4. The van der Waals surface area contributed by atoms with Gasteiger partial charge in [-0.25, -0.2) is 14.6 Å². The van der Waals surface area contributed by atoms with Crippen LogP contribution in [-0.4, -0.2) is 25.7 Å².